The lowest BCUT2D eigenvalue weighted by molar-refractivity contribution is 0.0696. The number of carbonyl (C=O) groups is 2. The summed E-state index contributed by atoms with van der Waals surface area (Å²) in [5.41, 5.74) is 3.45. The van der Waals surface area contributed by atoms with Gasteiger partial charge in [0, 0.05) is 5.56 Å². The smallest absolute Gasteiger partial charge is 0.335 e. The minimum absolute atomic E-state index is 0.113. The number of hydrogen-bond acceptors (Lipinski definition) is 6. The zero-order valence-corrected chi connectivity index (χ0v) is 16.7. The Bertz CT molecular complexity index is 1300. The summed E-state index contributed by atoms with van der Waals surface area (Å²) in [5, 5.41) is 26.4. The summed E-state index contributed by atoms with van der Waals surface area (Å²) in [5.74, 6) is -1.75. The first-order valence-corrected chi connectivity index (χ1v) is 9.10. The van der Waals surface area contributed by atoms with E-state index in [0.717, 1.165) is 10.2 Å². The molecule has 9 nitrogen and oxygen atoms in total. The highest BCUT2D eigenvalue weighted by Crippen LogP contribution is 2.13. The molecule has 1 aromatic heterocycles. The maximum absolute atomic E-state index is 12.7. The molecular formula is C22H17N5O4. The van der Waals surface area contributed by atoms with Gasteiger partial charge in [0.05, 0.1) is 17.5 Å². The van der Waals surface area contributed by atoms with Crippen LogP contribution in [0.25, 0.3) is 5.69 Å². The van der Waals surface area contributed by atoms with Gasteiger partial charge in [0.1, 0.15) is 11.6 Å². The van der Waals surface area contributed by atoms with Crippen LogP contribution in [0.5, 0.6) is 0 Å². The zero-order chi connectivity index (χ0) is 22.5. The lowest BCUT2D eigenvalue weighted by atomic mass is 10.1. The lowest BCUT2D eigenvalue weighted by Crippen LogP contribution is -2.31. The van der Waals surface area contributed by atoms with Crippen molar-refractivity contribution in [3.8, 4) is 11.8 Å². The first-order chi connectivity index (χ1) is 14.8. The fraction of sp³-hybridized carbons (Fsp3) is 0.0909. The van der Waals surface area contributed by atoms with E-state index < -0.39 is 17.4 Å². The number of nitrogens with zero attached hydrogens (tertiary/aromatic N) is 4. The Kier molecular flexibility index (Phi) is 6.02. The van der Waals surface area contributed by atoms with E-state index in [9.17, 15) is 19.6 Å². The Morgan fingerprint density at radius 3 is 2.45 bits per heavy atom. The van der Waals surface area contributed by atoms with Crippen LogP contribution in [0.2, 0.25) is 0 Å². The standard InChI is InChI=1S/C22H17N5O4/c1-13-5-3-4-6-18(13)27-21(29)17(11-23)14(2)19(26-27)20(28)25-24-12-15-7-9-16(10-8-15)22(30)31/h3-10,12H,1-2H3,(H,25,28)(H,30,31)/b24-12+. The molecule has 0 unspecified atom stereocenters. The molecule has 3 rings (SSSR count). The average molecular weight is 415 g/mol. The van der Waals surface area contributed by atoms with Gasteiger partial charge in [-0.1, -0.05) is 30.3 Å². The first-order valence-electron chi connectivity index (χ1n) is 9.10. The highest BCUT2D eigenvalue weighted by Gasteiger charge is 2.20. The average Bonchev–Trinajstić information content (AvgIpc) is 2.75. The molecule has 9 heteroatoms. The van der Waals surface area contributed by atoms with Crippen LogP contribution in [0.4, 0.5) is 0 Å². The van der Waals surface area contributed by atoms with Gasteiger partial charge in [-0.3, -0.25) is 9.59 Å². The molecular weight excluding hydrogens is 398 g/mol. The van der Waals surface area contributed by atoms with Crippen LogP contribution in [0, 0.1) is 25.2 Å². The summed E-state index contributed by atoms with van der Waals surface area (Å²) in [7, 11) is 0. The van der Waals surface area contributed by atoms with Crippen LogP contribution in [0.15, 0.2) is 58.4 Å². The van der Waals surface area contributed by atoms with Crippen LogP contribution < -0.4 is 11.0 Å². The van der Waals surface area contributed by atoms with Crippen LogP contribution >= 0.6 is 0 Å². The van der Waals surface area contributed by atoms with E-state index in [2.05, 4.69) is 15.6 Å². The van der Waals surface area contributed by atoms with Crippen molar-refractivity contribution in [2.75, 3.05) is 0 Å². The van der Waals surface area contributed by atoms with Gasteiger partial charge in [0.15, 0.2) is 5.69 Å². The minimum atomic E-state index is -1.05. The number of aryl methyl sites for hydroxylation is 1. The van der Waals surface area contributed by atoms with Crippen molar-refractivity contribution in [1.82, 2.24) is 15.2 Å². The molecule has 1 heterocycles. The van der Waals surface area contributed by atoms with Crippen LogP contribution in [-0.2, 0) is 0 Å². The summed E-state index contributed by atoms with van der Waals surface area (Å²) in [4.78, 5) is 36.2. The molecule has 0 aliphatic heterocycles. The molecule has 3 aromatic rings. The third-order valence-electron chi connectivity index (χ3n) is 4.54. The second-order valence-corrected chi connectivity index (χ2v) is 6.59. The van der Waals surface area contributed by atoms with Gasteiger partial charge >= 0.3 is 5.97 Å². The maximum Gasteiger partial charge on any atom is 0.335 e. The molecule has 0 bridgehead atoms. The number of aromatic nitrogens is 2. The molecule has 1 amide bonds. The van der Waals surface area contributed by atoms with Crippen molar-refractivity contribution >= 4 is 18.1 Å². The summed E-state index contributed by atoms with van der Waals surface area (Å²) in [6, 6.07) is 14.7. The van der Waals surface area contributed by atoms with Gasteiger partial charge in [0.25, 0.3) is 11.5 Å². The number of carbonyl (C=O) groups excluding carboxylic acids is 1. The Balaban J connectivity index is 1.93. The lowest BCUT2D eigenvalue weighted by Gasteiger charge is -2.12. The largest absolute Gasteiger partial charge is 0.478 e. The normalized spacial score (nSPS) is 10.6. The molecule has 2 N–H and O–H groups in total. The maximum atomic E-state index is 12.7. The van der Waals surface area contributed by atoms with E-state index in [1.54, 1.807) is 31.2 Å². The third kappa shape index (κ3) is 4.38. The number of benzene rings is 2. The third-order valence-corrected chi connectivity index (χ3v) is 4.54. The number of carboxylic acids is 1. The number of aromatic carboxylic acids is 1. The summed E-state index contributed by atoms with van der Waals surface area (Å²) in [6.07, 6.45) is 1.33. The quantitative estimate of drug-likeness (QED) is 0.484. The molecule has 0 aliphatic rings. The van der Waals surface area contributed by atoms with Crippen molar-refractivity contribution < 1.29 is 14.7 Å². The topological polar surface area (TPSA) is 137 Å². The molecule has 0 spiro atoms. The zero-order valence-electron chi connectivity index (χ0n) is 16.7. The first kappa shape index (κ1) is 21.1. The second kappa shape index (κ2) is 8.84. The SMILES string of the molecule is Cc1ccccc1-n1nc(C(=O)N/N=C/c2ccc(C(=O)O)cc2)c(C)c(C#N)c1=O. The Hall–Kier alpha value is -4.58. The van der Waals surface area contributed by atoms with Crippen LogP contribution in [-0.4, -0.2) is 33.0 Å². The number of carboxylic acid groups (broad SMARTS) is 1. The van der Waals surface area contributed by atoms with E-state index in [4.69, 9.17) is 5.11 Å². The van der Waals surface area contributed by atoms with Crippen molar-refractivity contribution in [1.29, 1.82) is 5.26 Å². The van der Waals surface area contributed by atoms with E-state index in [-0.39, 0.29) is 22.4 Å². The molecule has 0 aliphatic carbocycles. The predicted octanol–water partition coefficient (Wildman–Crippen LogP) is 2.18. The molecule has 0 fully saturated rings. The number of amides is 1. The number of nitriles is 1. The van der Waals surface area contributed by atoms with Gasteiger partial charge in [-0.05, 0) is 43.2 Å². The monoisotopic (exact) mass is 415 g/mol. The van der Waals surface area contributed by atoms with E-state index in [1.165, 1.54) is 37.4 Å². The second-order valence-electron chi connectivity index (χ2n) is 6.59. The summed E-state index contributed by atoms with van der Waals surface area (Å²) < 4.78 is 1.03. The number of para-hydroxylation sites is 1. The number of nitrogens with one attached hydrogen (secondary N) is 1. The van der Waals surface area contributed by atoms with Crippen LogP contribution in [0.1, 0.15) is 43.1 Å². The van der Waals surface area contributed by atoms with E-state index >= 15 is 0 Å². The Morgan fingerprint density at radius 2 is 1.84 bits per heavy atom. The molecule has 0 atom stereocenters. The van der Waals surface area contributed by atoms with Gasteiger partial charge in [-0.25, -0.2) is 10.2 Å². The Morgan fingerprint density at radius 1 is 1.16 bits per heavy atom. The van der Waals surface area contributed by atoms with E-state index in [0.29, 0.717) is 11.3 Å². The number of hydrazone groups is 1. The van der Waals surface area contributed by atoms with Gasteiger partial charge in [-0.15, -0.1) is 0 Å². The number of rotatable bonds is 5. The minimum Gasteiger partial charge on any atom is -0.478 e. The molecule has 0 saturated carbocycles. The Labute approximate surface area is 176 Å². The van der Waals surface area contributed by atoms with Gasteiger partial charge in [0.2, 0.25) is 0 Å². The fourth-order valence-electron chi connectivity index (χ4n) is 2.85. The summed E-state index contributed by atoms with van der Waals surface area (Å²) in [6.45, 7) is 3.26. The molecule has 31 heavy (non-hydrogen) atoms. The highest BCUT2D eigenvalue weighted by atomic mass is 16.4. The van der Waals surface area contributed by atoms with Crippen molar-refractivity contribution in [3.63, 3.8) is 0 Å². The van der Waals surface area contributed by atoms with Gasteiger partial charge < -0.3 is 5.11 Å². The predicted molar refractivity (Wildman–Crippen MR) is 112 cm³/mol. The molecule has 154 valence electrons. The van der Waals surface area contributed by atoms with Crippen molar-refractivity contribution in [2.24, 2.45) is 5.10 Å². The van der Waals surface area contributed by atoms with Crippen molar-refractivity contribution in [3.05, 3.63) is 92.4 Å². The van der Waals surface area contributed by atoms with Crippen LogP contribution in [0.3, 0.4) is 0 Å². The highest BCUT2D eigenvalue weighted by molar-refractivity contribution is 5.95. The van der Waals surface area contributed by atoms with Crippen molar-refractivity contribution in [2.45, 2.75) is 13.8 Å². The molecule has 2 aromatic carbocycles. The summed E-state index contributed by atoms with van der Waals surface area (Å²) >= 11 is 0. The molecule has 0 saturated heterocycles. The van der Waals surface area contributed by atoms with E-state index in [1.807, 2.05) is 6.07 Å². The molecule has 0 radical (unpaired) electrons. The van der Waals surface area contributed by atoms with Gasteiger partial charge in [-0.2, -0.15) is 20.1 Å². The fourth-order valence-corrected chi connectivity index (χ4v) is 2.85. The number of hydrogen-bond donors (Lipinski definition) is 2.